The Bertz CT molecular complexity index is 735. The van der Waals surface area contributed by atoms with Crippen molar-refractivity contribution < 1.29 is 14.6 Å². The zero-order valence-corrected chi connectivity index (χ0v) is 15.3. The van der Waals surface area contributed by atoms with Crippen molar-refractivity contribution in [1.29, 1.82) is 0 Å². The molecule has 0 bridgehead atoms. The Labute approximate surface area is 149 Å². The van der Waals surface area contributed by atoms with Gasteiger partial charge in [0, 0.05) is 10.0 Å². The van der Waals surface area contributed by atoms with Crippen LogP contribution in [-0.2, 0) is 0 Å². The highest BCUT2D eigenvalue weighted by molar-refractivity contribution is 14.1. The molecule has 0 unspecified atom stereocenters. The van der Waals surface area contributed by atoms with Crippen LogP contribution in [0.15, 0.2) is 46.0 Å². The number of aromatic hydroxyl groups is 1. The van der Waals surface area contributed by atoms with E-state index >= 15 is 0 Å². The number of carbonyl (C=O) groups excluding carboxylic acids is 1. The van der Waals surface area contributed by atoms with Gasteiger partial charge in [0.05, 0.1) is 16.9 Å². The summed E-state index contributed by atoms with van der Waals surface area (Å²) in [5.74, 6) is 0.128. The number of hydrazone groups is 1. The summed E-state index contributed by atoms with van der Waals surface area (Å²) in [5, 5.41) is 13.7. The number of amides is 1. The van der Waals surface area contributed by atoms with Crippen molar-refractivity contribution in [1.82, 2.24) is 5.43 Å². The molecule has 114 valence electrons. The zero-order valence-electron chi connectivity index (χ0n) is 11.5. The third-order valence-electron chi connectivity index (χ3n) is 2.74. The van der Waals surface area contributed by atoms with Crippen molar-refractivity contribution in [2.75, 3.05) is 7.11 Å². The second kappa shape index (κ2) is 7.59. The third kappa shape index (κ3) is 4.20. The molecule has 0 aliphatic heterocycles. The largest absolute Gasteiger partial charge is 0.504 e. The van der Waals surface area contributed by atoms with Gasteiger partial charge >= 0.3 is 0 Å². The molecule has 0 radical (unpaired) electrons. The van der Waals surface area contributed by atoms with Crippen molar-refractivity contribution in [2.24, 2.45) is 5.10 Å². The maximum atomic E-state index is 11.9. The number of carbonyl (C=O) groups is 1. The summed E-state index contributed by atoms with van der Waals surface area (Å²) in [5.41, 5.74) is 3.66. The van der Waals surface area contributed by atoms with E-state index in [2.05, 4.69) is 26.5 Å². The average Bonchev–Trinajstić information content (AvgIpc) is 2.50. The number of nitrogens with one attached hydrogen (secondary N) is 1. The number of methoxy groups -OCH3 is 1. The van der Waals surface area contributed by atoms with Crippen molar-refractivity contribution in [3.05, 3.63) is 55.6 Å². The monoisotopic (exact) mass is 474 g/mol. The maximum Gasteiger partial charge on any atom is 0.271 e. The summed E-state index contributed by atoms with van der Waals surface area (Å²) >= 11 is 5.30. The predicted molar refractivity (Wildman–Crippen MR) is 96.6 cm³/mol. The lowest BCUT2D eigenvalue weighted by molar-refractivity contribution is 0.0955. The van der Waals surface area contributed by atoms with Crippen LogP contribution in [0.4, 0.5) is 0 Å². The molecule has 2 aromatic carbocycles. The fraction of sp³-hybridized carbons (Fsp3) is 0.0667. The van der Waals surface area contributed by atoms with Gasteiger partial charge < -0.3 is 9.84 Å². The number of nitrogens with zero attached hydrogens (tertiary/aromatic N) is 1. The lowest BCUT2D eigenvalue weighted by Gasteiger charge is -2.06. The molecular formula is C15H12BrIN2O3. The van der Waals surface area contributed by atoms with Crippen LogP contribution in [0, 0.1) is 3.57 Å². The van der Waals surface area contributed by atoms with Crippen LogP contribution in [0.25, 0.3) is 0 Å². The summed E-state index contributed by atoms with van der Waals surface area (Å²) in [7, 11) is 1.47. The number of hydrogen-bond donors (Lipinski definition) is 2. The number of hydrogen-bond acceptors (Lipinski definition) is 4. The summed E-state index contributed by atoms with van der Waals surface area (Å²) in [6, 6.07) is 10.4. The van der Waals surface area contributed by atoms with E-state index in [1.807, 2.05) is 28.7 Å². The highest BCUT2D eigenvalue weighted by Gasteiger charge is 2.08. The summed E-state index contributed by atoms with van der Waals surface area (Å²) in [6.07, 6.45) is 1.49. The highest BCUT2D eigenvalue weighted by atomic mass is 127. The molecule has 0 atom stereocenters. The number of halogens is 2. The summed E-state index contributed by atoms with van der Waals surface area (Å²) < 4.78 is 6.52. The minimum absolute atomic E-state index is 0.0819. The molecule has 0 aliphatic rings. The molecule has 2 rings (SSSR count). The van der Waals surface area contributed by atoms with E-state index < -0.39 is 0 Å². The maximum absolute atomic E-state index is 11.9. The Morgan fingerprint density at radius 3 is 2.86 bits per heavy atom. The normalized spacial score (nSPS) is 10.7. The van der Waals surface area contributed by atoms with Gasteiger partial charge in [-0.2, -0.15) is 5.10 Å². The molecule has 1 amide bonds. The Hall–Kier alpha value is -1.61. The lowest BCUT2D eigenvalue weighted by Crippen LogP contribution is -2.17. The van der Waals surface area contributed by atoms with Crippen LogP contribution >= 0.6 is 38.5 Å². The second-order valence-electron chi connectivity index (χ2n) is 4.26. The molecule has 0 saturated carbocycles. The van der Waals surface area contributed by atoms with Gasteiger partial charge in [0.2, 0.25) is 0 Å². The molecule has 2 N–H and O–H groups in total. The molecule has 0 heterocycles. The summed E-state index contributed by atoms with van der Waals surface area (Å²) in [4.78, 5) is 11.9. The number of phenols is 1. The van der Waals surface area contributed by atoms with Gasteiger partial charge in [-0.3, -0.25) is 4.79 Å². The van der Waals surface area contributed by atoms with Gasteiger partial charge in [-0.05, 0) is 58.5 Å². The molecule has 0 aromatic heterocycles. The molecule has 2 aromatic rings. The van der Waals surface area contributed by atoms with Crippen LogP contribution in [0.5, 0.6) is 11.5 Å². The Morgan fingerprint density at radius 1 is 1.41 bits per heavy atom. The van der Waals surface area contributed by atoms with Crippen molar-refractivity contribution >= 4 is 50.6 Å². The molecule has 0 spiro atoms. The average molecular weight is 475 g/mol. The first-order valence-corrected chi connectivity index (χ1v) is 8.04. The van der Waals surface area contributed by atoms with Crippen molar-refractivity contribution in [3.63, 3.8) is 0 Å². The molecule has 22 heavy (non-hydrogen) atoms. The minimum atomic E-state index is -0.307. The molecule has 0 saturated heterocycles. The standard InChI is InChI=1S/C15H12BrIN2O3/c1-22-13-6-9(5-12(17)14(13)20)8-18-19-15(21)10-3-2-4-11(16)7-10/h2-8,20H,1H3,(H,19,21)/b18-8+. The number of ether oxygens (including phenoxy) is 1. The van der Waals surface area contributed by atoms with Gasteiger partial charge in [-0.15, -0.1) is 0 Å². The Kier molecular flexibility index (Phi) is 5.78. The van der Waals surface area contributed by atoms with Gasteiger partial charge in [0.1, 0.15) is 0 Å². The fourth-order valence-corrected chi connectivity index (χ4v) is 2.71. The van der Waals surface area contributed by atoms with Crippen molar-refractivity contribution in [3.8, 4) is 11.5 Å². The zero-order chi connectivity index (χ0) is 16.1. The highest BCUT2D eigenvalue weighted by Crippen LogP contribution is 2.31. The Balaban J connectivity index is 2.10. The van der Waals surface area contributed by atoms with E-state index in [-0.39, 0.29) is 11.7 Å². The van der Waals surface area contributed by atoms with Crippen molar-refractivity contribution in [2.45, 2.75) is 0 Å². The predicted octanol–water partition coefficient (Wildman–Crippen LogP) is 3.53. The number of rotatable bonds is 4. The molecular weight excluding hydrogens is 463 g/mol. The summed E-state index contributed by atoms with van der Waals surface area (Å²) in [6.45, 7) is 0. The SMILES string of the molecule is COc1cc(/C=N/NC(=O)c2cccc(Br)c2)cc(I)c1O. The Morgan fingerprint density at radius 2 is 2.18 bits per heavy atom. The van der Waals surface area contributed by atoms with Crippen LogP contribution in [0.2, 0.25) is 0 Å². The molecule has 7 heteroatoms. The lowest BCUT2D eigenvalue weighted by atomic mass is 10.2. The van der Waals surface area contributed by atoms with E-state index in [4.69, 9.17) is 4.74 Å². The van der Waals surface area contributed by atoms with E-state index in [0.717, 1.165) is 4.47 Å². The fourth-order valence-electron chi connectivity index (χ4n) is 1.68. The minimum Gasteiger partial charge on any atom is -0.504 e. The van der Waals surface area contributed by atoms with E-state index in [1.54, 1.807) is 30.3 Å². The first-order chi connectivity index (χ1) is 10.5. The molecule has 5 nitrogen and oxygen atoms in total. The molecule has 0 fully saturated rings. The first kappa shape index (κ1) is 16.8. The third-order valence-corrected chi connectivity index (χ3v) is 4.05. The van der Waals surface area contributed by atoms with Crippen LogP contribution in [0.1, 0.15) is 15.9 Å². The van der Waals surface area contributed by atoms with E-state index in [0.29, 0.717) is 20.4 Å². The van der Waals surface area contributed by atoms with Gasteiger partial charge in [-0.25, -0.2) is 5.43 Å². The molecule has 0 aliphatic carbocycles. The smallest absolute Gasteiger partial charge is 0.271 e. The van der Waals surface area contributed by atoms with Crippen LogP contribution in [-0.4, -0.2) is 24.3 Å². The number of phenolic OH excluding ortho intramolecular Hbond substituents is 1. The van der Waals surface area contributed by atoms with Crippen LogP contribution < -0.4 is 10.2 Å². The van der Waals surface area contributed by atoms with E-state index in [1.165, 1.54) is 13.3 Å². The van der Waals surface area contributed by atoms with E-state index in [9.17, 15) is 9.90 Å². The second-order valence-corrected chi connectivity index (χ2v) is 6.34. The van der Waals surface area contributed by atoms with Gasteiger partial charge in [0.15, 0.2) is 11.5 Å². The van der Waals surface area contributed by atoms with Gasteiger partial charge in [0.25, 0.3) is 5.91 Å². The van der Waals surface area contributed by atoms with Gasteiger partial charge in [-0.1, -0.05) is 22.0 Å². The van der Waals surface area contributed by atoms with Crippen LogP contribution in [0.3, 0.4) is 0 Å². The topological polar surface area (TPSA) is 70.9 Å². The number of benzene rings is 2. The quantitative estimate of drug-likeness (QED) is 0.404. The first-order valence-electron chi connectivity index (χ1n) is 6.16.